The van der Waals surface area contributed by atoms with E-state index in [1.54, 1.807) is 0 Å². The molecule has 10 heteroatoms. The van der Waals surface area contributed by atoms with Gasteiger partial charge in [-0.3, -0.25) is 4.72 Å². The maximum absolute atomic E-state index is 12.5. The fourth-order valence-electron chi connectivity index (χ4n) is 1.47. The first-order chi connectivity index (χ1) is 9.59. The molecule has 0 saturated carbocycles. The third kappa shape index (κ3) is 3.60. The second-order valence-corrected chi connectivity index (χ2v) is 7.59. The molecule has 1 aromatic heterocycles. The average Bonchev–Trinajstić information content (AvgIpc) is 2.78. The summed E-state index contributed by atoms with van der Waals surface area (Å²) in [7, 11) is -3.94. The van der Waals surface area contributed by atoms with Gasteiger partial charge in [-0.15, -0.1) is 11.3 Å². The smallest absolute Gasteiger partial charge is 0.397 e. The van der Waals surface area contributed by atoms with E-state index in [1.807, 2.05) is 0 Å². The molecule has 4 nitrogen and oxygen atoms in total. The number of benzene rings is 1. The van der Waals surface area contributed by atoms with Crippen molar-refractivity contribution in [3.8, 4) is 0 Å². The Balaban J connectivity index is 2.32. The summed E-state index contributed by atoms with van der Waals surface area (Å²) in [6.45, 7) is 0. The van der Waals surface area contributed by atoms with Crippen LogP contribution in [-0.2, 0) is 16.2 Å². The van der Waals surface area contributed by atoms with Crippen molar-refractivity contribution in [1.82, 2.24) is 0 Å². The van der Waals surface area contributed by atoms with E-state index in [2.05, 4.69) is 4.72 Å². The second kappa shape index (κ2) is 5.39. The summed E-state index contributed by atoms with van der Waals surface area (Å²) in [5.41, 5.74) is 4.05. The Morgan fingerprint density at radius 3 is 2.33 bits per heavy atom. The number of nitrogens with one attached hydrogen (secondary N) is 1. The molecule has 3 N–H and O–H groups in total. The average molecular weight is 357 g/mol. The molecular formula is C11H8ClF3N2O2S2. The quantitative estimate of drug-likeness (QED) is 0.821. The van der Waals surface area contributed by atoms with Gasteiger partial charge in [-0.1, -0.05) is 11.6 Å². The Morgan fingerprint density at radius 1 is 1.19 bits per heavy atom. The number of halogens is 4. The summed E-state index contributed by atoms with van der Waals surface area (Å²) in [5.74, 6) is 0. The van der Waals surface area contributed by atoms with E-state index in [-0.39, 0.29) is 19.9 Å². The van der Waals surface area contributed by atoms with Gasteiger partial charge in [-0.05, 0) is 30.3 Å². The van der Waals surface area contributed by atoms with Gasteiger partial charge in [0.25, 0.3) is 10.0 Å². The zero-order valence-electron chi connectivity index (χ0n) is 10.1. The standard InChI is InChI=1S/C11H8ClF3N2O2S2/c12-9-3-4-10(20-9)21(18,19)17-8-2-1-6(5-7(8)16)11(13,14)15/h1-5,17H,16H2. The highest BCUT2D eigenvalue weighted by molar-refractivity contribution is 7.94. The number of nitrogens with two attached hydrogens (primary N) is 1. The molecule has 0 unspecified atom stereocenters. The Kier molecular flexibility index (Phi) is 4.09. The first kappa shape index (κ1) is 15.9. The van der Waals surface area contributed by atoms with Gasteiger partial charge in [0, 0.05) is 0 Å². The Labute approximate surface area is 127 Å². The molecule has 0 bridgehead atoms. The fraction of sp³-hybridized carbons (Fsp3) is 0.0909. The minimum absolute atomic E-state index is 0.0632. The van der Waals surface area contributed by atoms with E-state index in [9.17, 15) is 21.6 Å². The molecule has 2 rings (SSSR count). The molecule has 114 valence electrons. The Morgan fingerprint density at radius 2 is 1.86 bits per heavy atom. The lowest BCUT2D eigenvalue weighted by atomic mass is 10.2. The highest BCUT2D eigenvalue weighted by Crippen LogP contribution is 2.34. The molecule has 0 amide bonds. The largest absolute Gasteiger partial charge is 0.416 e. The van der Waals surface area contributed by atoms with Crippen LogP contribution in [0.1, 0.15) is 5.56 Å². The number of hydrogen-bond donors (Lipinski definition) is 2. The minimum Gasteiger partial charge on any atom is -0.397 e. The van der Waals surface area contributed by atoms with Crippen LogP contribution < -0.4 is 10.5 Å². The van der Waals surface area contributed by atoms with Crippen LogP contribution in [0.5, 0.6) is 0 Å². The lowest BCUT2D eigenvalue weighted by Crippen LogP contribution is -2.14. The summed E-state index contributed by atoms with van der Waals surface area (Å²) in [4.78, 5) is 0. The summed E-state index contributed by atoms with van der Waals surface area (Å²) < 4.78 is 63.9. The van der Waals surface area contributed by atoms with Crippen LogP contribution in [0.15, 0.2) is 34.5 Å². The molecule has 0 fully saturated rings. The normalized spacial score (nSPS) is 12.4. The minimum atomic E-state index is -4.55. The number of anilines is 2. The van der Waals surface area contributed by atoms with Crippen molar-refractivity contribution in [2.45, 2.75) is 10.4 Å². The lowest BCUT2D eigenvalue weighted by Gasteiger charge is -2.12. The molecule has 2 aromatic rings. The summed E-state index contributed by atoms with van der Waals surface area (Å²) in [5, 5.41) is 0. The van der Waals surface area contributed by atoms with Crippen molar-refractivity contribution in [2.24, 2.45) is 0 Å². The topological polar surface area (TPSA) is 72.2 Å². The third-order valence-electron chi connectivity index (χ3n) is 2.44. The number of thiophene rings is 1. The molecule has 1 aromatic carbocycles. The summed E-state index contributed by atoms with van der Waals surface area (Å²) >= 11 is 6.47. The van der Waals surface area contributed by atoms with Crippen LogP contribution in [0.2, 0.25) is 4.34 Å². The predicted octanol–water partition coefficient (Wildman–Crippen LogP) is 3.80. The van der Waals surface area contributed by atoms with Crippen molar-refractivity contribution in [1.29, 1.82) is 0 Å². The van der Waals surface area contributed by atoms with Crippen molar-refractivity contribution in [3.63, 3.8) is 0 Å². The molecule has 0 radical (unpaired) electrons. The highest BCUT2D eigenvalue weighted by Gasteiger charge is 2.31. The zero-order chi connectivity index (χ0) is 15.8. The van der Waals surface area contributed by atoms with Crippen LogP contribution in [-0.4, -0.2) is 8.42 Å². The van der Waals surface area contributed by atoms with E-state index in [1.165, 1.54) is 12.1 Å². The Bertz CT molecular complexity index is 772. The summed E-state index contributed by atoms with van der Waals surface area (Å²) in [6.07, 6.45) is -4.55. The number of hydrogen-bond acceptors (Lipinski definition) is 4. The number of sulfonamides is 1. The first-order valence-electron chi connectivity index (χ1n) is 5.34. The first-order valence-corrected chi connectivity index (χ1v) is 8.02. The van der Waals surface area contributed by atoms with Crippen LogP contribution in [0, 0.1) is 0 Å². The molecule has 0 aliphatic carbocycles. The Hall–Kier alpha value is -1.45. The molecule has 0 aliphatic heterocycles. The van der Waals surface area contributed by atoms with E-state index in [0.717, 1.165) is 23.5 Å². The second-order valence-electron chi connectivity index (χ2n) is 3.96. The van der Waals surface area contributed by atoms with Crippen molar-refractivity contribution < 1.29 is 21.6 Å². The van der Waals surface area contributed by atoms with E-state index in [4.69, 9.17) is 17.3 Å². The van der Waals surface area contributed by atoms with Gasteiger partial charge in [-0.25, -0.2) is 8.42 Å². The van der Waals surface area contributed by atoms with Gasteiger partial charge >= 0.3 is 6.18 Å². The van der Waals surface area contributed by atoms with Crippen LogP contribution in [0.4, 0.5) is 24.5 Å². The van der Waals surface area contributed by atoms with Crippen molar-refractivity contribution in [2.75, 3.05) is 10.5 Å². The maximum Gasteiger partial charge on any atom is 0.416 e. The van der Waals surface area contributed by atoms with Gasteiger partial charge in [0.05, 0.1) is 21.3 Å². The van der Waals surface area contributed by atoms with Gasteiger partial charge in [-0.2, -0.15) is 13.2 Å². The maximum atomic E-state index is 12.5. The molecule has 1 heterocycles. The van der Waals surface area contributed by atoms with E-state index >= 15 is 0 Å². The van der Waals surface area contributed by atoms with Crippen LogP contribution in [0.3, 0.4) is 0 Å². The zero-order valence-corrected chi connectivity index (χ0v) is 12.5. The van der Waals surface area contributed by atoms with Crippen molar-refractivity contribution in [3.05, 3.63) is 40.2 Å². The molecule has 21 heavy (non-hydrogen) atoms. The highest BCUT2D eigenvalue weighted by atomic mass is 35.5. The van der Waals surface area contributed by atoms with E-state index in [0.29, 0.717) is 6.07 Å². The van der Waals surface area contributed by atoms with Gasteiger partial charge in [0.2, 0.25) is 0 Å². The number of rotatable bonds is 3. The van der Waals surface area contributed by atoms with E-state index < -0.39 is 21.8 Å². The molecule has 0 aliphatic rings. The van der Waals surface area contributed by atoms with Crippen molar-refractivity contribution >= 4 is 44.3 Å². The number of alkyl halides is 3. The lowest BCUT2D eigenvalue weighted by molar-refractivity contribution is -0.137. The molecule has 0 spiro atoms. The summed E-state index contributed by atoms with van der Waals surface area (Å²) in [6, 6.07) is 5.06. The molecule has 0 atom stereocenters. The molecule has 0 saturated heterocycles. The van der Waals surface area contributed by atoms with Crippen LogP contribution >= 0.6 is 22.9 Å². The number of nitrogen functional groups attached to an aromatic ring is 1. The SMILES string of the molecule is Nc1cc(C(F)(F)F)ccc1NS(=O)(=O)c1ccc(Cl)s1. The monoisotopic (exact) mass is 356 g/mol. The van der Waals surface area contributed by atoms with Gasteiger partial charge in [0.1, 0.15) is 4.21 Å². The molecular weight excluding hydrogens is 349 g/mol. The van der Waals surface area contributed by atoms with Crippen LogP contribution in [0.25, 0.3) is 0 Å². The fourth-order valence-corrected chi connectivity index (χ4v) is 4.04. The third-order valence-corrected chi connectivity index (χ3v) is 5.53. The van der Waals surface area contributed by atoms with Gasteiger partial charge in [0.15, 0.2) is 0 Å². The predicted molar refractivity (Wildman–Crippen MR) is 76.0 cm³/mol. The van der Waals surface area contributed by atoms with Gasteiger partial charge < -0.3 is 5.73 Å².